The Hall–Kier alpha value is -3.00. The second-order valence-corrected chi connectivity index (χ2v) is 8.99. The summed E-state index contributed by atoms with van der Waals surface area (Å²) in [6, 6.07) is 13.6. The van der Waals surface area contributed by atoms with Gasteiger partial charge in [0.2, 0.25) is 5.91 Å². The lowest BCUT2D eigenvalue weighted by atomic mass is 10.1. The summed E-state index contributed by atoms with van der Waals surface area (Å²) in [6.07, 6.45) is 0.537. The number of carbonyl (C=O) groups excluding carboxylic acids is 1. The average molecular weight is 469 g/mol. The second kappa shape index (κ2) is 11.2. The molecule has 1 N–H and O–H groups in total. The molecule has 0 aliphatic heterocycles. The quantitative estimate of drug-likeness (QED) is 0.390. The fraction of sp³-hybridized carbons (Fsp3) is 0.400. The summed E-state index contributed by atoms with van der Waals surface area (Å²) >= 11 is 1.37. The van der Waals surface area contributed by atoms with Crippen molar-refractivity contribution in [3.63, 3.8) is 0 Å². The Morgan fingerprint density at radius 1 is 1.12 bits per heavy atom. The molecule has 0 aliphatic carbocycles. The molecule has 0 spiro atoms. The van der Waals surface area contributed by atoms with Crippen LogP contribution in [0.5, 0.6) is 11.5 Å². The van der Waals surface area contributed by atoms with Gasteiger partial charge in [-0.25, -0.2) is 0 Å². The Kier molecular flexibility index (Phi) is 8.38. The molecule has 8 heteroatoms. The van der Waals surface area contributed by atoms with E-state index >= 15 is 0 Å². The molecular weight excluding hydrogens is 436 g/mol. The van der Waals surface area contributed by atoms with Crippen LogP contribution in [0.4, 0.5) is 5.69 Å². The zero-order chi connectivity index (χ0) is 24.0. The van der Waals surface area contributed by atoms with Crippen molar-refractivity contribution in [1.29, 1.82) is 0 Å². The highest BCUT2D eigenvalue weighted by molar-refractivity contribution is 7.99. The molecule has 0 saturated heterocycles. The van der Waals surface area contributed by atoms with Gasteiger partial charge >= 0.3 is 0 Å². The first-order valence-corrected chi connectivity index (χ1v) is 12.1. The summed E-state index contributed by atoms with van der Waals surface area (Å²) < 4.78 is 13.4. The Morgan fingerprint density at radius 3 is 2.55 bits per heavy atom. The Bertz CT molecular complexity index is 1100. The summed E-state index contributed by atoms with van der Waals surface area (Å²) in [5, 5.41) is 12.5. The van der Waals surface area contributed by atoms with Gasteiger partial charge in [0.15, 0.2) is 17.1 Å². The summed E-state index contributed by atoms with van der Waals surface area (Å²) in [4.78, 5) is 12.7. The first-order valence-electron chi connectivity index (χ1n) is 11.1. The molecule has 0 bridgehead atoms. The van der Waals surface area contributed by atoms with Gasteiger partial charge in [-0.05, 0) is 57.4 Å². The molecule has 0 aliphatic rings. The topological polar surface area (TPSA) is 78.3 Å². The molecule has 0 fully saturated rings. The van der Waals surface area contributed by atoms with Crippen molar-refractivity contribution >= 4 is 23.4 Å². The zero-order valence-corrected chi connectivity index (χ0v) is 20.9. The van der Waals surface area contributed by atoms with E-state index < -0.39 is 0 Å². The van der Waals surface area contributed by atoms with Crippen LogP contribution in [-0.4, -0.2) is 33.5 Å². The van der Waals surface area contributed by atoms with E-state index in [0.29, 0.717) is 16.7 Å². The van der Waals surface area contributed by atoms with Crippen LogP contribution in [-0.2, 0) is 11.2 Å². The molecule has 1 aromatic heterocycles. The van der Waals surface area contributed by atoms with Gasteiger partial charge in [-0.3, -0.25) is 4.79 Å². The first kappa shape index (κ1) is 24.6. The molecule has 3 aromatic rings. The Labute approximate surface area is 199 Å². The molecule has 0 saturated carbocycles. The lowest BCUT2D eigenvalue weighted by molar-refractivity contribution is -0.113. The van der Waals surface area contributed by atoms with Gasteiger partial charge in [0.1, 0.15) is 11.5 Å². The largest absolute Gasteiger partial charge is 0.497 e. The van der Waals surface area contributed by atoms with Crippen molar-refractivity contribution in [1.82, 2.24) is 14.8 Å². The van der Waals surface area contributed by atoms with E-state index in [-0.39, 0.29) is 23.8 Å². The number of nitrogens with one attached hydrogen (secondary N) is 1. The molecule has 176 valence electrons. The van der Waals surface area contributed by atoms with Crippen LogP contribution in [0.3, 0.4) is 0 Å². The van der Waals surface area contributed by atoms with Crippen LogP contribution in [0.25, 0.3) is 0 Å². The highest BCUT2D eigenvalue weighted by Gasteiger charge is 2.22. The minimum Gasteiger partial charge on any atom is -0.497 e. The molecule has 2 aromatic carbocycles. The number of rotatable bonds is 10. The Balaban J connectivity index is 1.71. The summed E-state index contributed by atoms with van der Waals surface area (Å²) in [7, 11) is 1.62. The summed E-state index contributed by atoms with van der Waals surface area (Å²) in [5.41, 5.74) is 3.09. The number of anilines is 1. The van der Waals surface area contributed by atoms with Crippen LogP contribution < -0.4 is 14.8 Å². The molecule has 3 rings (SSSR count). The third-order valence-electron chi connectivity index (χ3n) is 5.26. The Morgan fingerprint density at radius 2 is 1.85 bits per heavy atom. The fourth-order valence-electron chi connectivity index (χ4n) is 3.59. The van der Waals surface area contributed by atoms with Gasteiger partial charge in [-0.1, -0.05) is 43.0 Å². The van der Waals surface area contributed by atoms with Crippen LogP contribution in [0.2, 0.25) is 0 Å². The van der Waals surface area contributed by atoms with Crippen molar-refractivity contribution in [3.8, 4) is 11.5 Å². The molecule has 1 heterocycles. The van der Waals surface area contributed by atoms with Gasteiger partial charge in [-0.2, -0.15) is 0 Å². The third kappa shape index (κ3) is 6.07. The molecule has 7 nitrogen and oxygen atoms in total. The minimum atomic E-state index is -0.325. The molecule has 0 radical (unpaired) electrons. The molecule has 1 amide bonds. The van der Waals surface area contributed by atoms with E-state index in [1.807, 2.05) is 60.9 Å². The highest BCUT2D eigenvalue weighted by Crippen LogP contribution is 2.29. The van der Waals surface area contributed by atoms with E-state index in [4.69, 9.17) is 9.47 Å². The maximum Gasteiger partial charge on any atom is 0.234 e. The van der Waals surface area contributed by atoms with E-state index in [0.717, 1.165) is 29.0 Å². The maximum atomic E-state index is 12.7. The molecule has 1 unspecified atom stereocenters. The SMILES string of the molecule is CCc1cccc(C)c1NC(=O)CSc1nnc(C(C)Oc2cccc(OC)c2)n1C(C)C. The second-order valence-electron chi connectivity index (χ2n) is 8.04. The van der Waals surface area contributed by atoms with Gasteiger partial charge < -0.3 is 19.4 Å². The smallest absolute Gasteiger partial charge is 0.234 e. The number of carbonyl (C=O) groups is 1. The summed E-state index contributed by atoms with van der Waals surface area (Å²) in [6.45, 7) is 10.2. The van der Waals surface area contributed by atoms with Crippen molar-refractivity contribution in [2.45, 2.75) is 58.3 Å². The average Bonchev–Trinajstić information content (AvgIpc) is 3.23. The minimum absolute atomic E-state index is 0.0652. The monoisotopic (exact) mass is 468 g/mol. The maximum absolute atomic E-state index is 12.7. The van der Waals surface area contributed by atoms with E-state index in [1.54, 1.807) is 7.11 Å². The number of ether oxygens (including phenoxy) is 2. The normalized spacial score (nSPS) is 12.0. The lowest BCUT2D eigenvalue weighted by Crippen LogP contribution is -2.17. The van der Waals surface area contributed by atoms with Crippen LogP contribution in [0, 0.1) is 6.92 Å². The van der Waals surface area contributed by atoms with Gasteiger partial charge in [0, 0.05) is 17.8 Å². The predicted octanol–water partition coefficient (Wildman–Crippen LogP) is 5.61. The highest BCUT2D eigenvalue weighted by atomic mass is 32.2. The third-order valence-corrected chi connectivity index (χ3v) is 6.20. The number of methoxy groups -OCH3 is 1. The van der Waals surface area contributed by atoms with Crippen molar-refractivity contribution in [2.75, 3.05) is 18.2 Å². The number of nitrogens with zero attached hydrogens (tertiary/aromatic N) is 3. The fourth-order valence-corrected chi connectivity index (χ4v) is 4.46. The predicted molar refractivity (Wildman–Crippen MR) is 132 cm³/mol. The van der Waals surface area contributed by atoms with Crippen LogP contribution >= 0.6 is 11.8 Å². The molecule has 1 atom stereocenters. The number of para-hydroxylation sites is 1. The lowest BCUT2D eigenvalue weighted by Gasteiger charge is -2.19. The number of hydrogen-bond acceptors (Lipinski definition) is 6. The van der Waals surface area contributed by atoms with Crippen molar-refractivity contribution in [2.24, 2.45) is 0 Å². The van der Waals surface area contributed by atoms with Gasteiger partial charge in [0.25, 0.3) is 0 Å². The van der Waals surface area contributed by atoms with Gasteiger partial charge in [0.05, 0.1) is 12.9 Å². The zero-order valence-electron chi connectivity index (χ0n) is 20.1. The van der Waals surface area contributed by atoms with Crippen LogP contribution in [0.15, 0.2) is 47.6 Å². The number of amides is 1. The first-order chi connectivity index (χ1) is 15.8. The van der Waals surface area contributed by atoms with E-state index in [2.05, 4.69) is 36.3 Å². The van der Waals surface area contributed by atoms with E-state index in [9.17, 15) is 4.79 Å². The van der Waals surface area contributed by atoms with Crippen molar-refractivity contribution < 1.29 is 14.3 Å². The number of benzene rings is 2. The number of aromatic nitrogens is 3. The molecular formula is C25H32N4O3S. The number of thioether (sulfide) groups is 1. The van der Waals surface area contributed by atoms with Crippen LogP contribution in [0.1, 0.15) is 56.8 Å². The number of aryl methyl sites for hydroxylation is 2. The van der Waals surface area contributed by atoms with Crippen molar-refractivity contribution in [3.05, 3.63) is 59.4 Å². The summed E-state index contributed by atoms with van der Waals surface area (Å²) in [5.74, 6) is 2.31. The number of hydrogen-bond donors (Lipinski definition) is 1. The standard InChI is InChI=1S/C25H32N4O3S/c1-7-19-11-8-10-17(4)23(19)26-22(30)15-33-25-28-27-24(29(25)16(2)3)18(5)32-21-13-9-12-20(14-21)31-6/h8-14,16,18H,7,15H2,1-6H3,(H,26,30). The molecule has 33 heavy (non-hydrogen) atoms. The van der Waals surface area contributed by atoms with Gasteiger partial charge in [-0.15, -0.1) is 10.2 Å². The van der Waals surface area contributed by atoms with E-state index in [1.165, 1.54) is 11.8 Å².